The summed E-state index contributed by atoms with van der Waals surface area (Å²) in [5.41, 5.74) is 1.14. The molecule has 9 heteroatoms. The van der Waals surface area contributed by atoms with Crippen molar-refractivity contribution < 1.29 is 19.2 Å². The van der Waals surface area contributed by atoms with Crippen LogP contribution in [0.5, 0.6) is 11.5 Å². The number of hydrogen-bond donors (Lipinski definition) is 0. The van der Waals surface area contributed by atoms with Gasteiger partial charge in [-0.15, -0.1) is 0 Å². The van der Waals surface area contributed by atoms with E-state index in [9.17, 15) is 14.9 Å². The molecule has 1 saturated heterocycles. The van der Waals surface area contributed by atoms with Crippen molar-refractivity contribution in [3.8, 4) is 11.5 Å². The predicted molar refractivity (Wildman–Crippen MR) is 108 cm³/mol. The van der Waals surface area contributed by atoms with Crippen molar-refractivity contribution >= 4 is 51.7 Å². The first-order valence-corrected chi connectivity index (χ1v) is 8.91. The van der Waals surface area contributed by atoms with E-state index in [4.69, 9.17) is 21.7 Å². The van der Waals surface area contributed by atoms with Crippen LogP contribution in [0, 0.1) is 10.1 Å². The summed E-state index contributed by atoms with van der Waals surface area (Å²) in [5, 5.41) is 10.8. The fourth-order valence-electron chi connectivity index (χ4n) is 2.49. The number of nitrogens with zero attached hydrogens (tertiary/aromatic N) is 2. The number of carbonyl (C=O) groups is 1. The Morgan fingerprint density at radius 2 is 1.85 bits per heavy atom. The summed E-state index contributed by atoms with van der Waals surface area (Å²) in [4.78, 5) is 24.9. The van der Waals surface area contributed by atoms with Gasteiger partial charge in [0.25, 0.3) is 11.6 Å². The maximum absolute atomic E-state index is 12.8. The van der Waals surface area contributed by atoms with E-state index >= 15 is 0 Å². The molecule has 0 spiro atoms. The van der Waals surface area contributed by atoms with Crippen LogP contribution in [0.25, 0.3) is 6.08 Å². The monoisotopic (exact) mass is 402 g/mol. The van der Waals surface area contributed by atoms with Gasteiger partial charge < -0.3 is 9.47 Å². The summed E-state index contributed by atoms with van der Waals surface area (Å²) in [5.74, 6) is 0.911. The largest absolute Gasteiger partial charge is 0.497 e. The van der Waals surface area contributed by atoms with Crippen molar-refractivity contribution in [3.05, 3.63) is 63.0 Å². The van der Waals surface area contributed by atoms with E-state index in [1.54, 1.807) is 31.4 Å². The molecule has 3 rings (SSSR count). The Bertz CT molecular complexity index is 957. The van der Waals surface area contributed by atoms with Crippen molar-refractivity contribution in [2.75, 3.05) is 19.1 Å². The lowest BCUT2D eigenvalue weighted by Crippen LogP contribution is -2.27. The van der Waals surface area contributed by atoms with Crippen LogP contribution in [0.3, 0.4) is 0 Å². The SMILES string of the molecule is COc1ccc(/C=C2\SC(=S)N(c3ccc([N+](=O)[O-])cc3)C2=O)c(OC)c1. The summed E-state index contributed by atoms with van der Waals surface area (Å²) in [6.45, 7) is 0. The average molecular weight is 402 g/mol. The number of hydrogen-bond acceptors (Lipinski definition) is 7. The maximum atomic E-state index is 12.8. The van der Waals surface area contributed by atoms with Gasteiger partial charge in [-0.2, -0.15) is 0 Å². The molecule has 0 radical (unpaired) electrons. The van der Waals surface area contributed by atoms with E-state index in [2.05, 4.69) is 0 Å². The van der Waals surface area contributed by atoms with Crippen LogP contribution >= 0.6 is 24.0 Å². The Morgan fingerprint density at radius 1 is 1.15 bits per heavy atom. The molecule has 7 nitrogen and oxygen atoms in total. The molecule has 1 aliphatic rings. The lowest BCUT2D eigenvalue weighted by Gasteiger charge is -2.14. The van der Waals surface area contributed by atoms with Crippen molar-refractivity contribution in [2.45, 2.75) is 0 Å². The molecule has 27 heavy (non-hydrogen) atoms. The van der Waals surface area contributed by atoms with E-state index in [1.807, 2.05) is 0 Å². The minimum atomic E-state index is -0.496. The summed E-state index contributed by atoms with van der Waals surface area (Å²) in [6.07, 6.45) is 1.70. The van der Waals surface area contributed by atoms with Crippen LogP contribution in [0.1, 0.15) is 5.56 Å². The molecule has 0 unspecified atom stereocenters. The second-order valence-electron chi connectivity index (χ2n) is 5.40. The maximum Gasteiger partial charge on any atom is 0.270 e. The number of carbonyl (C=O) groups excluding carboxylic acids is 1. The van der Waals surface area contributed by atoms with E-state index < -0.39 is 4.92 Å². The van der Waals surface area contributed by atoms with Gasteiger partial charge in [-0.3, -0.25) is 19.8 Å². The molecule has 138 valence electrons. The molecule has 0 aliphatic carbocycles. The summed E-state index contributed by atoms with van der Waals surface area (Å²) in [6, 6.07) is 11.0. The van der Waals surface area contributed by atoms with E-state index in [0.29, 0.717) is 32.0 Å². The van der Waals surface area contributed by atoms with Gasteiger partial charge in [0.05, 0.1) is 29.7 Å². The van der Waals surface area contributed by atoms with Gasteiger partial charge in [0, 0.05) is 23.8 Å². The molecular formula is C18H14N2O5S2. The Labute approximate surface area is 164 Å². The van der Waals surface area contributed by atoms with Crippen LogP contribution < -0.4 is 14.4 Å². The van der Waals surface area contributed by atoms with Gasteiger partial charge in [-0.05, 0) is 30.3 Å². The van der Waals surface area contributed by atoms with Gasteiger partial charge in [0.15, 0.2) is 4.32 Å². The fourth-order valence-corrected chi connectivity index (χ4v) is 3.78. The number of ether oxygens (including phenoxy) is 2. The number of methoxy groups -OCH3 is 2. The molecule has 0 saturated carbocycles. The van der Waals surface area contributed by atoms with Crippen molar-refractivity contribution in [1.82, 2.24) is 0 Å². The summed E-state index contributed by atoms with van der Waals surface area (Å²) < 4.78 is 10.9. The number of non-ortho nitro benzene ring substituents is 1. The molecule has 0 N–H and O–H groups in total. The first kappa shape index (κ1) is 18.9. The molecule has 2 aromatic carbocycles. The van der Waals surface area contributed by atoms with Gasteiger partial charge >= 0.3 is 0 Å². The highest BCUT2D eigenvalue weighted by atomic mass is 32.2. The van der Waals surface area contributed by atoms with Crippen LogP contribution in [-0.4, -0.2) is 29.4 Å². The number of anilines is 1. The number of benzene rings is 2. The molecule has 0 atom stereocenters. The Hall–Kier alpha value is -2.91. The third kappa shape index (κ3) is 3.79. The minimum Gasteiger partial charge on any atom is -0.497 e. The van der Waals surface area contributed by atoms with Gasteiger partial charge in [-0.25, -0.2) is 0 Å². The Balaban J connectivity index is 1.92. The van der Waals surface area contributed by atoms with Crippen LogP contribution in [0.2, 0.25) is 0 Å². The molecule has 1 amide bonds. The van der Waals surface area contributed by atoms with Crippen molar-refractivity contribution in [2.24, 2.45) is 0 Å². The van der Waals surface area contributed by atoms with Crippen molar-refractivity contribution in [1.29, 1.82) is 0 Å². The van der Waals surface area contributed by atoms with E-state index in [0.717, 1.165) is 11.8 Å². The van der Waals surface area contributed by atoms with E-state index in [1.165, 1.54) is 36.3 Å². The highest BCUT2D eigenvalue weighted by Crippen LogP contribution is 2.38. The van der Waals surface area contributed by atoms with Crippen LogP contribution in [0.15, 0.2) is 47.4 Å². The molecule has 1 aliphatic heterocycles. The minimum absolute atomic E-state index is 0.0531. The standard InChI is InChI=1S/C18H14N2O5S2/c1-24-14-8-3-11(15(10-14)25-2)9-16-17(21)19(18(26)27-16)12-4-6-13(7-5-12)20(22)23/h3-10H,1-2H3/b16-9-. The molecule has 0 aromatic heterocycles. The highest BCUT2D eigenvalue weighted by Gasteiger charge is 2.33. The zero-order valence-electron chi connectivity index (χ0n) is 14.4. The highest BCUT2D eigenvalue weighted by molar-refractivity contribution is 8.27. The van der Waals surface area contributed by atoms with E-state index in [-0.39, 0.29) is 11.6 Å². The second kappa shape index (κ2) is 7.77. The zero-order chi connectivity index (χ0) is 19.6. The molecule has 1 fully saturated rings. The predicted octanol–water partition coefficient (Wildman–Crippen LogP) is 4.02. The number of nitro groups is 1. The summed E-state index contributed by atoms with van der Waals surface area (Å²) in [7, 11) is 3.10. The topological polar surface area (TPSA) is 81.9 Å². The van der Waals surface area contributed by atoms with Gasteiger partial charge in [0.2, 0.25) is 0 Å². The number of rotatable bonds is 5. The Morgan fingerprint density at radius 3 is 2.44 bits per heavy atom. The van der Waals surface area contributed by atoms with Crippen LogP contribution in [0.4, 0.5) is 11.4 Å². The lowest BCUT2D eigenvalue weighted by molar-refractivity contribution is -0.384. The first-order valence-electron chi connectivity index (χ1n) is 7.69. The lowest BCUT2D eigenvalue weighted by atomic mass is 10.1. The summed E-state index contributed by atoms with van der Waals surface area (Å²) >= 11 is 6.48. The van der Waals surface area contributed by atoms with Crippen LogP contribution in [-0.2, 0) is 4.79 Å². The second-order valence-corrected chi connectivity index (χ2v) is 7.07. The smallest absolute Gasteiger partial charge is 0.270 e. The number of thiocarbonyl (C=S) groups is 1. The number of amides is 1. The van der Waals surface area contributed by atoms with Gasteiger partial charge in [0.1, 0.15) is 11.5 Å². The third-order valence-electron chi connectivity index (χ3n) is 3.84. The number of thioether (sulfide) groups is 1. The molecule has 2 aromatic rings. The first-order chi connectivity index (χ1) is 12.9. The fraction of sp³-hybridized carbons (Fsp3) is 0.111. The van der Waals surface area contributed by atoms with Crippen molar-refractivity contribution in [3.63, 3.8) is 0 Å². The average Bonchev–Trinajstić information content (AvgIpc) is 2.95. The molecule has 0 bridgehead atoms. The molecule has 1 heterocycles. The zero-order valence-corrected chi connectivity index (χ0v) is 16.0. The number of nitro benzene ring substituents is 1. The molecular weight excluding hydrogens is 388 g/mol. The normalized spacial score (nSPS) is 15.3. The van der Waals surface area contributed by atoms with Gasteiger partial charge in [-0.1, -0.05) is 24.0 Å². The third-order valence-corrected chi connectivity index (χ3v) is 5.14. The quantitative estimate of drug-likeness (QED) is 0.323. The Kier molecular flexibility index (Phi) is 5.43.